The monoisotopic (exact) mass is 455 g/mol. The molecule has 3 N–H and O–H groups in total. The maximum absolute atomic E-state index is 12.1. The van der Waals surface area contributed by atoms with Crippen molar-refractivity contribution in [2.45, 2.75) is 101 Å². The predicted octanol–water partition coefficient (Wildman–Crippen LogP) is 1.39. The Labute approximate surface area is 187 Å². The van der Waals surface area contributed by atoms with E-state index < -0.39 is 24.1 Å². The summed E-state index contributed by atoms with van der Waals surface area (Å²) >= 11 is 1.94. The van der Waals surface area contributed by atoms with E-state index in [1.165, 1.54) is 0 Å². The first kappa shape index (κ1) is 24.2. The van der Waals surface area contributed by atoms with E-state index in [4.69, 9.17) is 4.84 Å². The van der Waals surface area contributed by atoms with Crippen LogP contribution in [0.25, 0.3) is 0 Å². The number of rotatable bonds is 13. The van der Waals surface area contributed by atoms with Crippen LogP contribution in [0.1, 0.15) is 77.0 Å². The second kappa shape index (κ2) is 11.9. The number of nitrogens with one attached hydrogen (secondary N) is 2. The van der Waals surface area contributed by atoms with Gasteiger partial charge in [-0.3, -0.25) is 25.0 Å². The minimum atomic E-state index is -0.593. The molecule has 0 spiro atoms. The molecule has 3 saturated heterocycles. The highest BCUT2D eigenvalue weighted by atomic mass is 32.2. The zero-order chi connectivity index (χ0) is 22.2. The second-order valence-corrected chi connectivity index (χ2v) is 9.76. The van der Waals surface area contributed by atoms with E-state index in [1.54, 1.807) is 0 Å². The molecule has 3 heterocycles. The van der Waals surface area contributed by atoms with Crippen LogP contribution in [0.3, 0.4) is 0 Å². The number of unbranched alkanes of at least 4 members (excludes halogenated alkanes) is 4. The molecular weight excluding hydrogens is 422 g/mol. The molecule has 3 rings (SSSR count). The first-order valence-corrected chi connectivity index (χ1v) is 12.4. The Kier molecular flexibility index (Phi) is 9.30. The molecule has 4 unspecified atom stereocenters. The van der Waals surface area contributed by atoms with Gasteiger partial charge in [0.2, 0.25) is 0 Å². The summed E-state index contributed by atoms with van der Waals surface area (Å²) in [4.78, 5) is 51.4. The van der Waals surface area contributed by atoms with Gasteiger partial charge in [0.25, 0.3) is 11.8 Å². The fourth-order valence-corrected chi connectivity index (χ4v) is 5.88. The van der Waals surface area contributed by atoms with Gasteiger partial charge in [0.15, 0.2) is 6.35 Å². The minimum absolute atomic E-state index is 0.0967. The number of carbonyl (C=O) groups is 4. The fourth-order valence-electron chi connectivity index (χ4n) is 4.31. The van der Waals surface area contributed by atoms with Crippen LogP contribution in [0, 0.1) is 0 Å². The van der Waals surface area contributed by atoms with E-state index in [9.17, 15) is 24.3 Å². The van der Waals surface area contributed by atoms with Crippen molar-refractivity contribution in [1.29, 1.82) is 0 Å². The summed E-state index contributed by atoms with van der Waals surface area (Å²) in [5.74, 6) is -0.184. The highest BCUT2D eigenvalue weighted by Gasteiger charge is 2.42. The van der Waals surface area contributed by atoms with Gasteiger partial charge in [0, 0.05) is 55.2 Å². The summed E-state index contributed by atoms with van der Waals surface area (Å²) in [5.41, 5.74) is 0. The van der Waals surface area contributed by atoms with Crippen LogP contribution >= 0.6 is 11.8 Å². The number of carbonyl (C=O) groups excluding carboxylic acids is 4. The van der Waals surface area contributed by atoms with Gasteiger partial charge in [-0.2, -0.15) is 11.8 Å². The van der Waals surface area contributed by atoms with E-state index in [-0.39, 0.29) is 19.3 Å². The number of hydrogen-bond donors (Lipinski definition) is 3. The number of hydrogen-bond acceptors (Lipinski definition) is 9. The summed E-state index contributed by atoms with van der Waals surface area (Å²) in [6, 6.07) is 0.669. The highest BCUT2D eigenvalue weighted by molar-refractivity contribution is 8.00. The van der Waals surface area contributed by atoms with E-state index in [2.05, 4.69) is 10.6 Å². The Morgan fingerprint density at radius 2 is 1.61 bits per heavy atom. The molecular formula is C21H33N3O6S. The molecule has 3 aliphatic heterocycles. The van der Waals surface area contributed by atoms with Gasteiger partial charge in [-0.1, -0.05) is 19.3 Å². The van der Waals surface area contributed by atoms with Crippen LogP contribution < -0.4 is 10.6 Å². The Morgan fingerprint density at radius 1 is 0.968 bits per heavy atom. The number of imide groups is 1. The van der Waals surface area contributed by atoms with Gasteiger partial charge in [-0.15, -0.1) is 5.06 Å². The number of aliphatic hydroxyl groups is 1. The summed E-state index contributed by atoms with van der Waals surface area (Å²) < 4.78 is 0. The summed E-state index contributed by atoms with van der Waals surface area (Å²) in [6.07, 6.45) is 7.03. The molecule has 31 heavy (non-hydrogen) atoms. The molecule has 0 saturated carbocycles. The predicted molar refractivity (Wildman–Crippen MR) is 114 cm³/mol. The number of Topliss-reactive ketones (excluding diaryl/α,β-unsaturated/α-hetero) is 1. The van der Waals surface area contributed by atoms with Crippen molar-refractivity contribution in [2.24, 2.45) is 0 Å². The third-order valence-corrected chi connectivity index (χ3v) is 7.53. The van der Waals surface area contributed by atoms with Crippen molar-refractivity contribution in [1.82, 2.24) is 15.7 Å². The van der Waals surface area contributed by atoms with Crippen molar-refractivity contribution in [3.63, 3.8) is 0 Å². The van der Waals surface area contributed by atoms with Gasteiger partial charge in [0.1, 0.15) is 5.78 Å². The third-order valence-electron chi connectivity index (χ3n) is 6.03. The lowest BCUT2D eigenvalue weighted by Crippen LogP contribution is -2.37. The maximum atomic E-state index is 12.1. The van der Waals surface area contributed by atoms with Crippen LogP contribution in [-0.2, 0) is 24.0 Å². The summed E-state index contributed by atoms with van der Waals surface area (Å²) in [6.45, 7) is 0. The largest absolute Gasteiger partial charge is 0.365 e. The average molecular weight is 456 g/mol. The first-order chi connectivity index (χ1) is 14.9. The number of amides is 2. The van der Waals surface area contributed by atoms with E-state index in [0.717, 1.165) is 44.3 Å². The smallest absolute Gasteiger partial charge is 0.333 e. The fraction of sp³-hybridized carbons (Fsp3) is 0.810. The van der Waals surface area contributed by atoms with Crippen LogP contribution in [0.2, 0.25) is 0 Å². The van der Waals surface area contributed by atoms with Crippen LogP contribution in [0.5, 0.6) is 0 Å². The van der Waals surface area contributed by atoms with Gasteiger partial charge >= 0.3 is 5.97 Å². The van der Waals surface area contributed by atoms with Crippen molar-refractivity contribution >= 4 is 35.3 Å². The minimum Gasteiger partial charge on any atom is -0.365 e. The third kappa shape index (κ3) is 7.27. The zero-order valence-corrected chi connectivity index (χ0v) is 18.7. The summed E-state index contributed by atoms with van der Waals surface area (Å²) in [5, 5.41) is 17.0. The standard InChI is InChI=1S/C21H33N3O6S/c25-14(8-5-6-9-16-20-15(13-31-16)22-21(29)23-20)7-3-1-2-4-10-19(28)30-24-17(26)11-12-18(24)27/h15-16,20-23,29H,1-13H2. The first-order valence-electron chi connectivity index (χ1n) is 11.3. The molecule has 174 valence electrons. The van der Waals surface area contributed by atoms with E-state index in [0.29, 0.717) is 47.4 Å². The molecule has 3 fully saturated rings. The number of thioether (sulfide) groups is 1. The SMILES string of the molecule is O=C(CCCCCCC(=O)ON1C(=O)CCC1=O)CCCCC1SCC2NC(O)NC21. The number of fused-ring (bicyclic) bond motifs is 1. The number of aliphatic hydroxyl groups excluding tert-OH is 1. The van der Waals surface area contributed by atoms with Gasteiger partial charge in [0.05, 0.1) is 0 Å². The normalized spacial score (nSPS) is 27.7. The molecule has 3 aliphatic rings. The van der Waals surface area contributed by atoms with Crippen LogP contribution in [-0.4, -0.2) is 63.2 Å². The van der Waals surface area contributed by atoms with Crippen molar-refractivity contribution < 1.29 is 29.1 Å². The Morgan fingerprint density at radius 3 is 2.32 bits per heavy atom. The molecule has 0 aromatic heterocycles. The molecule has 10 heteroatoms. The van der Waals surface area contributed by atoms with Gasteiger partial charge in [-0.25, -0.2) is 4.79 Å². The number of hydroxylamine groups is 2. The highest BCUT2D eigenvalue weighted by Crippen LogP contribution is 2.33. The lowest BCUT2D eigenvalue weighted by atomic mass is 10.0. The molecule has 0 radical (unpaired) electrons. The van der Waals surface area contributed by atoms with Crippen molar-refractivity contribution in [3.05, 3.63) is 0 Å². The van der Waals surface area contributed by atoms with Gasteiger partial charge < -0.3 is 9.94 Å². The molecule has 0 bridgehead atoms. The average Bonchev–Trinajstić information content (AvgIpc) is 3.38. The quantitative estimate of drug-likeness (QED) is 0.279. The van der Waals surface area contributed by atoms with E-state index >= 15 is 0 Å². The van der Waals surface area contributed by atoms with Crippen LogP contribution in [0.15, 0.2) is 0 Å². The van der Waals surface area contributed by atoms with E-state index in [1.807, 2.05) is 11.8 Å². The maximum Gasteiger partial charge on any atom is 0.333 e. The molecule has 9 nitrogen and oxygen atoms in total. The number of ketones is 1. The second-order valence-electron chi connectivity index (χ2n) is 8.48. The molecule has 0 aromatic carbocycles. The molecule has 2 amide bonds. The summed E-state index contributed by atoms with van der Waals surface area (Å²) in [7, 11) is 0. The van der Waals surface area contributed by atoms with Crippen molar-refractivity contribution in [2.75, 3.05) is 5.75 Å². The molecule has 0 aliphatic carbocycles. The lowest BCUT2D eigenvalue weighted by Gasteiger charge is -2.17. The zero-order valence-electron chi connectivity index (χ0n) is 17.8. The topological polar surface area (TPSA) is 125 Å². The number of nitrogens with zero attached hydrogens (tertiary/aromatic N) is 1. The van der Waals surface area contributed by atoms with Gasteiger partial charge in [-0.05, 0) is 25.7 Å². The lowest BCUT2D eigenvalue weighted by molar-refractivity contribution is -0.197. The Bertz CT molecular complexity index is 660. The van der Waals surface area contributed by atoms with Crippen molar-refractivity contribution in [3.8, 4) is 0 Å². The van der Waals surface area contributed by atoms with Crippen LogP contribution in [0.4, 0.5) is 0 Å². The Hall–Kier alpha value is -1.49. The Balaban J connectivity index is 1.14. The molecule has 0 aromatic rings. The molecule has 4 atom stereocenters.